The van der Waals surface area contributed by atoms with Crippen LogP contribution in [-0.2, 0) is 0 Å². The molecule has 0 atom stereocenters. The Morgan fingerprint density at radius 3 is 0.864 bits per heavy atom. The molecule has 12 rings (SSSR count). The molecule has 0 amide bonds. The largest absolute Gasteiger partial charge is 0.0622 e. The maximum absolute atomic E-state index is 2.42. The number of benzene rings is 12. The van der Waals surface area contributed by atoms with Crippen LogP contribution >= 0.6 is 0 Å². The maximum Gasteiger partial charge on any atom is -0.00262 e. The van der Waals surface area contributed by atoms with Crippen molar-refractivity contribution in [1.29, 1.82) is 0 Å². The zero-order valence-electron chi connectivity index (χ0n) is 36.4. The highest BCUT2D eigenvalue weighted by atomic mass is 14.2. The van der Waals surface area contributed by atoms with Gasteiger partial charge in [0.25, 0.3) is 0 Å². The summed E-state index contributed by atoms with van der Waals surface area (Å²) in [5.41, 5.74) is 17.1. The van der Waals surface area contributed by atoms with Gasteiger partial charge in [-0.25, -0.2) is 0 Å². The number of rotatable bonds is 8. The standard InChI is InChI=1S/C66H44/c1-4-22-48(23-5-1)63-55-30-14-16-32-57(55)65(58-33-17-15-31-56(58)63)51-40-38-47(39-41-51)53-28-12-10-20-45(53)36-37-46-21-11-13-29-54(46)52-42-43-61-62(44-52)66(50-26-8-3-9-27-50)60-35-19-18-34-59(60)64(61)49-24-6-2-7-25-49/h1-44H. The van der Waals surface area contributed by atoms with E-state index in [-0.39, 0.29) is 0 Å². The van der Waals surface area contributed by atoms with E-state index in [4.69, 9.17) is 0 Å². The van der Waals surface area contributed by atoms with Crippen LogP contribution in [0, 0.1) is 0 Å². The zero-order valence-corrected chi connectivity index (χ0v) is 36.4. The number of fused-ring (bicyclic) bond motifs is 4. The predicted molar refractivity (Wildman–Crippen MR) is 284 cm³/mol. The summed E-state index contributed by atoms with van der Waals surface area (Å²) in [6.07, 6.45) is 4.57. The SMILES string of the molecule is C(=Cc1ccccc1-c1ccc2c(-c3ccccc3)c3ccccc3c(-c3ccccc3)c2c1)c1ccccc1-c1ccc(-c2c3ccccc3c(-c3ccccc3)c3ccccc23)cc1. The van der Waals surface area contributed by atoms with Crippen molar-refractivity contribution in [1.82, 2.24) is 0 Å². The van der Waals surface area contributed by atoms with Crippen molar-refractivity contribution in [2.24, 2.45) is 0 Å². The molecule has 0 aromatic heterocycles. The molecule has 0 unspecified atom stereocenters. The fraction of sp³-hybridized carbons (Fsp3) is 0. The molecule has 308 valence electrons. The summed E-state index contributed by atoms with van der Waals surface area (Å²) < 4.78 is 0. The second-order valence-corrected chi connectivity index (χ2v) is 17.1. The lowest BCUT2D eigenvalue weighted by Gasteiger charge is -2.19. The van der Waals surface area contributed by atoms with Gasteiger partial charge in [-0.15, -0.1) is 0 Å². The molecular weight excluding hydrogens is 793 g/mol. The van der Waals surface area contributed by atoms with Crippen molar-refractivity contribution in [2.45, 2.75) is 0 Å². The minimum atomic E-state index is 1.17. The molecule has 0 fully saturated rings. The molecule has 66 heavy (non-hydrogen) atoms. The van der Waals surface area contributed by atoms with Gasteiger partial charge in [-0.1, -0.05) is 261 Å². The van der Waals surface area contributed by atoms with E-state index in [9.17, 15) is 0 Å². The number of hydrogen-bond donors (Lipinski definition) is 0. The van der Waals surface area contributed by atoms with Crippen LogP contribution in [-0.4, -0.2) is 0 Å². The summed E-state index contributed by atoms with van der Waals surface area (Å²) in [5, 5.41) is 10.1. The van der Waals surface area contributed by atoms with Gasteiger partial charge in [-0.2, -0.15) is 0 Å². The molecule has 0 bridgehead atoms. The highest BCUT2D eigenvalue weighted by molar-refractivity contribution is 6.23. The smallest absolute Gasteiger partial charge is 0.00262 e. The van der Waals surface area contributed by atoms with E-state index in [0.29, 0.717) is 0 Å². The van der Waals surface area contributed by atoms with E-state index in [2.05, 4.69) is 267 Å². The lowest BCUT2D eigenvalue weighted by molar-refractivity contribution is 1.58. The monoisotopic (exact) mass is 836 g/mol. The highest BCUT2D eigenvalue weighted by Crippen LogP contribution is 2.46. The Balaban J connectivity index is 0.939. The summed E-state index contributed by atoms with van der Waals surface area (Å²) in [5.74, 6) is 0. The van der Waals surface area contributed by atoms with Gasteiger partial charge in [0, 0.05) is 0 Å². The van der Waals surface area contributed by atoms with Crippen molar-refractivity contribution >= 4 is 55.2 Å². The summed E-state index contributed by atoms with van der Waals surface area (Å²) in [4.78, 5) is 0. The minimum absolute atomic E-state index is 1.17. The second kappa shape index (κ2) is 16.8. The van der Waals surface area contributed by atoms with Crippen LogP contribution in [0.3, 0.4) is 0 Å². The van der Waals surface area contributed by atoms with Gasteiger partial charge in [-0.05, 0) is 127 Å². The van der Waals surface area contributed by atoms with Crippen molar-refractivity contribution in [3.63, 3.8) is 0 Å². The number of hydrogen-bond acceptors (Lipinski definition) is 0. The fourth-order valence-corrected chi connectivity index (χ4v) is 10.3. The van der Waals surface area contributed by atoms with E-state index < -0.39 is 0 Å². The summed E-state index contributed by atoms with van der Waals surface area (Å²) in [6.45, 7) is 0. The molecule has 0 aliphatic rings. The molecule has 12 aromatic rings. The minimum Gasteiger partial charge on any atom is -0.0622 e. The molecule has 0 saturated carbocycles. The third-order valence-electron chi connectivity index (χ3n) is 13.3. The van der Waals surface area contributed by atoms with Crippen LogP contribution in [0.5, 0.6) is 0 Å². The Morgan fingerprint density at radius 1 is 0.182 bits per heavy atom. The molecule has 0 N–H and O–H groups in total. The predicted octanol–water partition coefficient (Wildman–Crippen LogP) is 18.5. The van der Waals surface area contributed by atoms with Gasteiger partial charge in [-0.3, -0.25) is 0 Å². The Bertz CT molecular complexity index is 3710. The summed E-state index contributed by atoms with van der Waals surface area (Å²) in [6, 6.07) is 92.9. The molecule has 0 aliphatic carbocycles. The van der Waals surface area contributed by atoms with Crippen LogP contribution in [0.1, 0.15) is 11.1 Å². The first-order valence-electron chi connectivity index (χ1n) is 22.8. The lowest BCUT2D eigenvalue weighted by Crippen LogP contribution is -1.92. The van der Waals surface area contributed by atoms with E-state index in [0.717, 1.165) is 0 Å². The molecule has 0 radical (unpaired) electrons. The molecule has 12 aromatic carbocycles. The van der Waals surface area contributed by atoms with Crippen LogP contribution in [0.4, 0.5) is 0 Å². The van der Waals surface area contributed by atoms with Crippen LogP contribution in [0.15, 0.2) is 255 Å². The van der Waals surface area contributed by atoms with Crippen molar-refractivity contribution in [3.8, 4) is 66.8 Å². The van der Waals surface area contributed by atoms with E-state index in [1.165, 1.54) is 121 Å². The van der Waals surface area contributed by atoms with E-state index >= 15 is 0 Å². The molecule has 0 aliphatic heterocycles. The summed E-state index contributed by atoms with van der Waals surface area (Å²) in [7, 11) is 0. The molecule has 0 heteroatoms. The zero-order chi connectivity index (χ0) is 43.8. The second-order valence-electron chi connectivity index (χ2n) is 17.1. The third-order valence-corrected chi connectivity index (χ3v) is 13.3. The van der Waals surface area contributed by atoms with Crippen LogP contribution < -0.4 is 0 Å². The van der Waals surface area contributed by atoms with Crippen LogP contribution in [0.2, 0.25) is 0 Å². The Hall–Kier alpha value is -8.58. The molecule has 0 saturated heterocycles. The average molecular weight is 837 g/mol. The fourth-order valence-electron chi connectivity index (χ4n) is 10.3. The van der Waals surface area contributed by atoms with Crippen molar-refractivity contribution in [3.05, 3.63) is 266 Å². The van der Waals surface area contributed by atoms with Gasteiger partial charge in [0.15, 0.2) is 0 Å². The first-order valence-corrected chi connectivity index (χ1v) is 22.8. The Kier molecular flexibility index (Phi) is 9.97. The molecular formula is C66H44. The first kappa shape index (κ1) is 39.0. The van der Waals surface area contributed by atoms with E-state index in [1.54, 1.807) is 0 Å². The lowest BCUT2D eigenvalue weighted by atomic mass is 9.84. The van der Waals surface area contributed by atoms with Gasteiger partial charge < -0.3 is 0 Å². The highest BCUT2D eigenvalue weighted by Gasteiger charge is 2.19. The molecule has 0 spiro atoms. The van der Waals surface area contributed by atoms with Crippen molar-refractivity contribution in [2.75, 3.05) is 0 Å². The molecule has 0 heterocycles. The quantitative estimate of drug-likeness (QED) is 0.106. The Morgan fingerprint density at radius 2 is 0.455 bits per heavy atom. The van der Waals surface area contributed by atoms with Gasteiger partial charge >= 0.3 is 0 Å². The average Bonchev–Trinajstić information content (AvgIpc) is 3.39. The van der Waals surface area contributed by atoms with E-state index in [1.807, 2.05) is 0 Å². The van der Waals surface area contributed by atoms with Gasteiger partial charge in [0.1, 0.15) is 0 Å². The molecule has 0 nitrogen and oxygen atoms in total. The topological polar surface area (TPSA) is 0 Å². The third kappa shape index (κ3) is 6.88. The Labute approximate surface area is 386 Å². The van der Waals surface area contributed by atoms with Gasteiger partial charge in [0.2, 0.25) is 0 Å². The van der Waals surface area contributed by atoms with Gasteiger partial charge in [0.05, 0.1) is 0 Å². The maximum atomic E-state index is 2.42. The normalized spacial score (nSPS) is 11.6. The van der Waals surface area contributed by atoms with Crippen molar-refractivity contribution < 1.29 is 0 Å². The summed E-state index contributed by atoms with van der Waals surface area (Å²) >= 11 is 0. The first-order chi connectivity index (χ1) is 32.8. The van der Waals surface area contributed by atoms with Crippen LogP contribution in [0.25, 0.3) is 122 Å².